The van der Waals surface area contributed by atoms with Gasteiger partial charge < -0.3 is 4.90 Å². The van der Waals surface area contributed by atoms with Gasteiger partial charge in [-0.05, 0) is 49.6 Å². The summed E-state index contributed by atoms with van der Waals surface area (Å²) in [4.78, 5) is 23.8. The number of aromatic nitrogens is 2. The van der Waals surface area contributed by atoms with E-state index < -0.39 is 0 Å². The van der Waals surface area contributed by atoms with Crippen molar-refractivity contribution in [2.24, 2.45) is 0 Å². The van der Waals surface area contributed by atoms with Crippen LogP contribution in [0.4, 0.5) is 0 Å². The van der Waals surface area contributed by atoms with Crippen molar-refractivity contribution in [2.45, 2.75) is 32.2 Å². The first-order valence-corrected chi connectivity index (χ1v) is 9.43. The molecule has 0 N–H and O–H groups in total. The maximum absolute atomic E-state index is 12.9. The second-order valence-corrected chi connectivity index (χ2v) is 7.11. The average molecular weight is 357 g/mol. The van der Waals surface area contributed by atoms with E-state index in [0.717, 1.165) is 37.2 Å². The van der Waals surface area contributed by atoms with Crippen molar-refractivity contribution in [1.82, 2.24) is 14.9 Å². The van der Waals surface area contributed by atoms with Crippen LogP contribution < -0.4 is 0 Å². The van der Waals surface area contributed by atoms with Crippen LogP contribution in [0.15, 0.2) is 67.0 Å². The van der Waals surface area contributed by atoms with Gasteiger partial charge in [0, 0.05) is 31.1 Å². The highest BCUT2D eigenvalue weighted by Gasteiger charge is 2.31. The van der Waals surface area contributed by atoms with E-state index in [4.69, 9.17) is 4.98 Å². The maximum Gasteiger partial charge on any atom is 0.255 e. The fourth-order valence-electron chi connectivity index (χ4n) is 3.67. The van der Waals surface area contributed by atoms with Crippen molar-refractivity contribution in [1.29, 1.82) is 0 Å². The number of rotatable bonds is 4. The van der Waals surface area contributed by atoms with E-state index in [0.29, 0.717) is 5.56 Å². The molecule has 0 radical (unpaired) electrons. The van der Waals surface area contributed by atoms with Crippen LogP contribution in [0.2, 0.25) is 0 Å². The zero-order chi connectivity index (χ0) is 18.6. The lowest BCUT2D eigenvalue weighted by Crippen LogP contribution is -2.31. The van der Waals surface area contributed by atoms with E-state index >= 15 is 0 Å². The molecule has 1 aliphatic rings. The first-order chi connectivity index (χ1) is 13.2. The number of carbonyl (C=O) groups excluding carboxylic acids is 1. The molecule has 1 amide bonds. The summed E-state index contributed by atoms with van der Waals surface area (Å²) in [7, 11) is 0. The SMILES string of the molecule is Cc1ccc(Cc2cccc(C3CCCN3C(=O)c3cccnc3)n2)cc1. The standard InChI is InChI=1S/C23H23N3O/c1-17-9-11-18(12-10-17)15-20-6-2-7-21(25-20)22-8-4-14-26(22)23(27)19-5-3-13-24-16-19/h2-3,5-7,9-13,16,22H,4,8,14-15H2,1H3. The van der Waals surface area contributed by atoms with Gasteiger partial charge in [0.2, 0.25) is 0 Å². The summed E-state index contributed by atoms with van der Waals surface area (Å²) in [6.45, 7) is 2.86. The highest BCUT2D eigenvalue weighted by Crippen LogP contribution is 2.32. The first-order valence-electron chi connectivity index (χ1n) is 9.43. The Morgan fingerprint density at radius 3 is 2.74 bits per heavy atom. The summed E-state index contributed by atoms with van der Waals surface area (Å²) in [6, 6.07) is 18.4. The van der Waals surface area contributed by atoms with Gasteiger partial charge in [-0.1, -0.05) is 35.9 Å². The Bertz CT molecular complexity index is 922. The van der Waals surface area contributed by atoms with Crippen molar-refractivity contribution < 1.29 is 4.79 Å². The van der Waals surface area contributed by atoms with E-state index in [-0.39, 0.29) is 11.9 Å². The molecule has 136 valence electrons. The number of hydrogen-bond donors (Lipinski definition) is 0. The van der Waals surface area contributed by atoms with Crippen LogP contribution >= 0.6 is 0 Å². The largest absolute Gasteiger partial charge is 0.330 e. The van der Waals surface area contributed by atoms with Crippen LogP contribution in [0.25, 0.3) is 0 Å². The summed E-state index contributed by atoms with van der Waals surface area (Å²) >= 11 is 0. The Labute approximate surface area is 159 Å². The predicted octanol–water partition coefficient (Wildman–Crippen LogP) is 4.35. The fraction of sp³-hybridized carbons (Fsp3) is 0.261. The second kappa shape index (κ2) is 7.70. The molecule has 3 heterocycles. The van der Waals surface area contributed by atoms with E-state index in [9.17, 15) is 4.79 Å². The monoisotopic (exact) mass is 357 g/mol. The summed E-state index contributed by atoms with van der Waals surface area (Å²) in [5.41, 5.74) is 5.17. The second-order valence-electron chi connectivity index (χ2n) is 7.11. The van der Waals surface area contributed by atoms with Crippen LogP contribution in [-0.2, 0) is 6.42 Å². The zero-order valence-corrected chi connectivity index (χ0v) is 15.5. The lowest BCUT2D eigenvalue weighted by Gasteiger charge is -2.24. The molecule has 1 fully saturated rings. The van der Waals surface area contributed by atoms with E-state index in [1.807, 2.05) is 17.0 Å². The van der Waals surface area contributed by atoms with Crippen molar-refractivity contribution in [3.8, 4) is 0 Å². The third-order valence-corrected chi connectivity index (χ3v) is 5.10. The number of hydrogen-bond acceptors (Lipinski definition) is 3. The lowest BCUT2D eigenvalue weighted by atomic mass is 10.1. The quantitative estimate of drug-likeness (QED) is 0.697. The molecule has 2 aromatic heterocycles. The van der Waals surface area contributed by atoms with Crippen molar-refractivity contribution >= 4 is 5.91 Å². The number of carbonyl (C=O) groups is 1. The van der Waals surface area contributed by atoms with Gasteiger partial charge in [0.05, 0.1) is 17.3 Å². The number of pyridine rings is 2. The molecule has 0 spiro atoms. The molecule has 0 bridgehead atoms. The number of amides is 1. The van der Waals surface area contributed by atoms with Gasteiger partial charge in [0.25, 0.3) is 5.91 Å². The molecule has 27 heavy (non-hydrogen) atoms. The molecule has 1 atom stereocenters. The number of nitrogens with zero attached hydrogens (tertiary/aromatic N) is 3. The molecule has 0 aliphatic carbocycles. The molecule has 1 unspecified atom stereocenters. The molecule has 4 heteroatoms. The molecule has 4 rings (SSSR count). The molecule has 4 nitrogen and oxygen atoms in total. The van der Waals surface area contributed by atoms with Crippen molar-refractivity contribution in [2.75, 3.05) is 6.54 Å². The topological polar surface area (TPSA) is 46.1 Å². The summed E-state index contributed by atoms with van der Waals surface area (Å²) < 4.78 is 0. The third kappa shape index (κ3) is 3.90. The van der Waals surface area contributed by atoms with E-state index in [2.05, 4.69) is 48.3 Å². The van der Waals surface area contributed by atoms with Crippen LogP contribution in [0.3, 0.4) is 0 Å². The van der Waals surface area contributed by atoms with Crippen molar-refractivity contribution in [3.05, 3.63) is 95.1 Å². The Morgan fingerprint density at radius 1 is 1.11 bits per heavy atom. The summed E-state index contributed by atoms with van der Waals surface area (Å²) in [6.07, 6.45) is 6.08. The summed E-state index contributed by atoms with van der Waals surface area (Å²) in [5.74, 6) is 0.0383. The van der Waals surface area contributed by atoms with Gasteiger partial charge in [-0.3, -0.25) is 14.8 Å². The molecular weight excluding hydrogens is 334 g/mol. The molecule has 1 saturated heterocycles. The van der Waals surface area contributed by atoms with Crippen molar-refractivity contribution in [3.63, 3.8) is 0 Å². The van der Waals surface area contributed by atoms with Gasteiger partial charge >= 0.3 is 0 Å². The van der Waals surface area contributed by atoms with Crippen LogP contribution in [0.5, 0.6) is 0 Å². The highest BCUT2D eigenvalue weighted by molar-refractivity contribution is 5.94. The van der Waals surface area contributed by atoms with Gasteiger partial charge in [0.1, 0.15) is 0 Å². The Kier molecular flexibility index (Phi) is 4.97. The smallest absolute Gasteiger partial charge is 0.255 e. The van der Waals surface area contributed by atoms with Gasteiger partial charge in [-0.25, -0.2) is 0 Å². The molecule has 1 aromatic carbocycles. The van der Waals surface area contributed by atoms with Gasteiger partial charge in [0.15, 0.2) is 0 Å². The van der Waals surface area contributed by atoms with Gasteiger partial charge in [-0.2, -0.15) is 0 Å². The molecule has 1 aliphatic heterocycles. The predicted molar refractivity (Wildman–Crippen MR) is 105 cm³/mol. The number of likely N-dealkylation sites (tertiary alicyclic amines) is 1. The summed E-state index contributed by atoms with van der Waals surface area (Å²) in [5, 5.41) is 0. The molecule has 3 aromatic rings. The minimum Gasteiger partial charge on any atom is -0.330 e. The Balaban J connectivity index is 1.55. The van der Waals surface area contributed by atoms with E-state index in [1.54, 1.807) is 18.5 Å². The fourth-order valence-corrected chi connectivity index (χ4v) is 3.67. The normalized spacial score (nSPS) is 16.5. The van der Waals surface area contributed by atoms with Crippen LogP contribution in [-0.4, -0.2) is 27.3 Å². The maximum atomic E-state index is 12.9. The Hall–Kier alpha value is -3.01. The van der Waals surface area contributed by atoms with Gasteiger partial charge in [-0.15, -0.1) is 0 Å². The zero-order valence-electron chi connectivity index (χ0n) is 15.5. The number of aryl methyl sites for hydroxylation is 1. The first kappa shape index (κ1) is 17.4. The minimum absolute atomic E-state index is 0.0377. The Morgan fingerprint density at radius 2 is 1.96 bits per heavy atom. The molecular formula is C23H23N3O. The highest BCUT2D eigenvalue weighted by atomic mass is 16.2. The van der Waals surface area contributed by atoms with E-state index in [1.165, 1.54) is 11.1 Å². The lowest BCUT2D eigenvalue weighted by molar-refractivity contribution is 0.0732. The molecule has 0 saturated carbocycles. The third-order valence-electron chi connectivity index (χ3n) is 5.10. The van der Waals surface area contributed by atoms with Crippen LogP contribution in [0.1, 0.15) is 51.8 Å². The number of benzene rings is 1. The minimum atomic E-state index is 0.0377. The average Bonchev–Trinajstić information content (AvgIpc) is 3.20. The van der Waals surface area contributed by atoms with Crippen LogP contribution in [0, 0.1) is 6.92 Å².